The maximum Gasteiger partial charge on any atom is 0.151 e. The smallest absolute Gasteiger partial charge is 0.151 e. The lowest BCUT2D eigenvalue weighted by Crippen LogP contribution is -2.08. The zero-order valence-corrected chi connectivity index (χ0v) is 16.1. The van der Waals surface area contributed by atoms with Gasteiger partial charge < -0.3 is 4.74 Å². The summed E-state index contributed by atoms with van der Waals surface area (Å²) in [4.78, 5) is 9.94. The molecule has 27 heavy (non-hydrogen) atoms. The predicted molar refractivity (Wildman–Crippen MR) is 109 cm³/mol. The molecule has 0 radical (unpaired) electrons. The topological polar surface area (TPSA) is 77.2 Å². The van der Waals surface area contributed by atoms with E-state index in [9.17, 15) is 0 Å². The molecule has 4 rings (SSSR count). The molecular weight excluding hydrogens is 380 g/mol. The summed E-state index contributed by atoms with van der Waals surface area (Å²) < 4.78 is 7.75. The third-order valence-corrected chi connectivity index (χ3v) is 5.95. The summed E-state index contributed by atoms with van der Waals surface area (Å²) >= 11 is 3.41. The van der Waals surface area contributed by atoms with E-state index < -0.39 is 0 Å². The van der Waals surface area contributed by atoms with Crippen LogP contribution < -0.4 is 10.3 Å². The second-order valence-electron chi connectivity index (χ2n) is 5.51. The van der Waals surface area contributed by atoms with Crippen LogP contribution in [0, 0.1) is 0 Å². The Kier molecular flexibility index (Phi) is 5.31. The van der Waals surface area contributed by atoms with Crippen molar-refractivity contribution in [2.45, 2.75) is 10.1 Å². The van der Waals surface area contributed by atoms with Crippen molar-refractivity contribution in [3.8, 4) is 5.75 Å². The fourth-order valence-electron chi connectivity index (χ4n) is 2.47. The van der Waals surface area contributed by atoms with Crippen molar-refractivity contribution >= 4 is 39.5 Å². The number of hydrazone groups is 1. The number of methoxy groups -OCH3 is 1. The van der Waals surface area contributed by atoms with Gasteiger partial charge in [-0.2, -0.15) is 10.6 Å². The average Bonchev–Trinajstić information content (AvgIpc) is 3.35. The van der Waals surface area contributed by atoms with Gasteiger partial charge in [0, 0.05) is 11.3 Å². The Hall–Kier alpha value is -2.91. The number of benzene rings is 2. The molecule has 0 aliphatic carbocycles. The molecule has 0 spiro atoms. The highest BCUT2D eigenvalue weighted by Crippen LogP contribution is 2.33. The number of rotatable bonds is 7. The lowest BCUT2D eigenvalue weighted by molar-refractivity contribution is 0.411. The molecule has 0 fully saturated rings. The van der Waals surface area contributed by atoms with Crippen molar-refractivity contribution in [1.82, 2.24) is 19.9 Å². The SMILES string of the molecule is COc1ccc(/C=N\Nn2cncn2)cc1CSc1nc2ccccc2s1. The third-order valence-electron chi connectivity index (χ3n) is 3.72. The van der Waals surface area contributed by atoms with Gasteiger partial charge in [-0.15, -0.1) is 21.2 Å². The minimum Gasteiger partial charge on any atom is -0.496 e. The number of ether oxygens (including phenoxy) is 1. The quantitative estimate of drug-likeness (QED) is 0.291. The van der Waals surface area contributed by atoms with Crippen LogP contribution in [0.5, 0.6) is 5.75 Å². The maximum atomic E-state index is 5.50. The van der Waals surface area contributed by atoms with Gasteiger partial charge in [0.1, 0.15) is 18.4 Å². The van der Waals surface area contributed by atoms with Crippen molar-refractivity contribution in [2.75, 3.05) is 12.6 Å². The van der Waals surface area contributed by atoms with Crippen molar-refractivity contribution < 1.29 is 4.74 Å². The number of para-hydroxylation sites is 1. The van der Waals surface area contributed by atoms with Crippen LogP contribution >= 0.6 is 23.1 Å². The summed E-state index contributed by atoms with van der Waals surface area (Å²) in [7, 11) is 1.68. The first-order valence-corrected chi connectivity index (χ1v) is 9.91. The van der Waals surface area contributed by atoms with Crippen LogP contribution in [-0.2, 0) is 5.75 Å². The average molecular weight is 397 g/mol. The molecule has 0 atom stereocenters. The van der Waals surface area contributed by atoms with Crippen LogP contribution in [0.2, 0.25) is 0 Å². The maximum absolute atomic E-state index is 5.50. The van der Waals surface area contributed by atoms with Crippen LogP contribution in [0.25, 0.3) is 10.2 Å². The van der Waals surface area contributed by atoms with Gasteiger partial charge in [0.15, 0.2) is 4.34 Å². The molecule has 7 nitrogen and oxygen atoms in total. The number of thioether (sulfide) groups is 1. The van der Waals surface area contributed by atoms with Crippen LogP contribution in [0.1, 0.15) is 11.1 Å². The van der Waals surface area contributed by atoms with Crippen LogP contribution in [0.4, 0.5) is 0 Å². The van der Waals surface area contributed by atoms with E-state index in [1.54, 1.807) is 36.4 Å². The molecule has 0 bridgehead atoms. The predicted octanol–water partition coefficient (Wildman–Crippen LogP) is 3.77. The molecule has 136 valence electrons. The minimum atomic E-state index is 0.765. The Morgan fingerprint density at radius 1 is 1.30 bits per heavy atom. The second-order valence-corrected chi connectivity index (χ2v) is 7.76. The molecule has 2 aromatic carbocycles. The highest BCUT2D eigenvalue weighted by Gasteiger charge is 2.08. The van der Waals surface area contributed by atoms with E-state index in [0.717, 1.165) is 32.5 Å². The van der Waals surface area contributed by atoms with E-state index in [-0.39, 0.29) is 0 Å². The van der Waals surface area contributed by atoms with Crippen molar-refractivity contribution in [3.05, 3.63) is 66.2 Å². The van der Waals surface area contributed by atoms with E-state index in [4.69, 9.17) is 4.74 Å². The third kappa shape index (κ3) is 4.26. The molecular formula is C18H16N6OS2. The van der Waals surface area contributed by atoms with E-state index in [0.29, 0.717) is 0 Å². The summed E-state index contributed by atoms with van der Waals surface area (Å²) in [5, 5.41) is 8.08. The molecule has 0 aliphatic heterocycles. The summed E-state index contributed by atoms with van der Waals surface area (Å²) in [6.07, 6.45) is 4.70. The molecule has 0 saturated carbocycles. The van der Waals surface area contributed by atoms with Gasteiger partial charge in [0.2, 0.25) is 0 Å². The van der Waals surface area contributed by atoms with Gasteiger partial charge in [-0.3, -0.25) is 0 Å². The van der Waals surface area contributed by atoms with E-state index >= 15 is 0 Å². The summed E-state index contributed by atoms with van der Waals surface area (Å²) in [5.74, 6) is 1.62. The lowest BCUT2D eigenvalue weighted by atomic mass is 10.1. The van der Waals surface area contributed by atoms with Gasteiger partial charge in [-0.25, -0.2) is 9.97 Å². The zero-order chi connectivity index (χ0) is 18.5. The van der Waals surface area contributed by atoms with Gasteiger partial charge >= 0.3 is 0 Å². The molecule has 2 heterocycles. The number of hydrogen-bond donors (Lipinski definition) is 1. The number of hydrogen-bond acceptors (Lipinski definition) is 8. The monoisotopic (exact) mass is 396 g/mol. The van der Waals surface area contributed by atoms with Gasteiger partial charge in [0.25, 0.3) is 0 Å². The number of fused-ring (bicyclic) bond motifs is 1. The number of thiazole rings is 1. The molecule has 4 aromatic rings. The Morgan fingerprint density at radius 3 is 3.04 bits per heavy atom. The summed E-state index contributed by atoms with van der Waals surface area (Å²) in [6.45, 7) is 0. The zero-order valence-electron chi connectivity index (χ0n) is 14.4. The molecule has 2 aromatic heterocycles. The Labute approximate surface area is 164 Å². The fraction of sp³-hybridized carbons (Fsp3) is 0.111. The highest BCUT2D eigenvalue weighted by atomic mass is 32.2. The second kappa shape index (κ2) is 8.19. The largest absolute Gasteiger partial charge is 0.496 e. The molecule has 0 aliphatic rings. The molecule has 1 N–H and O–H groups in total. The van der Waals surface area contributed by atoms with E-state index in [1.807, 2.05) is 30.3 Å². The molecule has 0 unspecified atom stereocenters. The first-order chi connectivity index (χ1) is 13.3. The number of nitrogens with one attached hydrogen (secondary N) is 1. The highest BCUT2D eigenvalue weighted by molar-refractivity contribution is 8.00. The van der Waals surface area contributed by atoms with Gasteiger partial charge in [0.05, 0.1) is 23.5 Å². The number of nitrogens with zero attached hydrogens (tertiary/aromatic N) is 5. The normalized spacial score (nSPS) is 11.3. The standard InChI is InChI=1S/C18H16N6OS2/c1-25-16-7-6-13(9-20-23-24-12-19-11-21-24)8-14(16)10-26-18-22-15-4-2-3-5-17(15)27-18/h2-9,11-12,23H,10H2,1H3/b20-9-. The van der Waals surface area contributed by atoms with Crippen molar-refractivity contribution in [2.24, 2.45) is 5.10 Å². The fourth-order valence-corrected chi connectivity index (χ4v) is 4.51. The first kappa shape index (κ1) is 17.5. The number of aromatic nitrogens is 4. The summed E-state index contributed by atoms with van der Waals surface area (Å²) in [5.41, 5.74) is 5.85. The minimum absolute atomic E-state index is 0.765. The Balaban J connectivity index is 1.47. The lowest BCUT2D eigenvalue weighted by Gasteiger charge is -2.08. The van der Waals surface area contributed by atoms with Crippen LogP contribution in [0.3, 0.4) is 0 Å². The van der Waals surface area contributed by atoms with Crippen molar-refractivity contribution in [1.29, 1.82) is 0 Å². The van der Waals surface area contributed by atoms with Gasteiger partial charge in [-0.1, -0.05) is 23.9 Å². The molecule has 9 heteroatoms. The summed E-state index contributed by atoms with van der Waals surface area (Å²) in [6, 6.07) is 14.1. The van der Waals surface area contributed by atoms with E-state index in [1.165, 1.54) is 22.1 Å². The molecule has 0 amide bonds. The first-order valence-electron chi connectivity index (χ1n) is 8.11. The Bertz CT molecular complexity index is 1030. The van der Waals surface area contributed by atoms with Crippen molar-refractivity contribution in [3.63, 3.8) is 0 Å². The van der Waals surface area contributed by atoms with Gasteiger partial charge in [-0.05, 0) is 35.9 Å². The van der Waals surface area contributed by atoms with Crippen LogP contribution in [0.15, 0.2) is 64.6 Å². The Morgan fingerprint density at radius 2 is 2.22 bits per heavy atom. The van der Waals surface area contributed by atoms with Crippen LogP contribution in [-0.4, -0.2) is 33.2 Å². The van der Waals surface area contributed by atoms with E-state index in [2.05, 4.69) is 37.8 Å². The molecule has 0 saturated heterocycles.